The van der Waals surface area contributed by atoms with Gasteiger partial charge < -0.3 is 10.3 Å². The normalized spacial score (nSPS) is 20.1. The summed E-state index contributed by atoms with van der Waals surface area (Å²) in [6.45, 7) is 0. The average molecular weight is 301 g/mol. The molecule has 0 atom stereocenters. The van der Waals surface area contributed by atoms with Gasteiger partial charge in [0.15, 0.2) is 0 Å². The molecule has 0 spiro atoms. The highest BCUT2D eigenvalue weighted by molar-refractivity contribution is 6.31. The zero-order valence-corrected chi connectivity index (χ0v) is 11.9. The van der Waals surface area contributed by atoms with Crippen molar-refractivity contribution >= 4 is 40.5 Å². The van der Waals surface area contributed by atoms with Crippen molar-refractivity contribution < 1.29 is 4.79 Å². The van der Waals surface area contributed by atoms with E-state index in [1.165, 1.54) is 12.8 Å². The van der Waals surface area contributed by atoms with Crippen molar-refractivity contribution in [3.63, 3.8) is 0 Å². The third kappa shape index (κ3) is 2.45. The summed E-state index contributed by atoms with van der Waals surface area (Å²) >= 11 is 5.98. The molecule has 2 aromatic rings. The van der Waals surface area contributed by atoms with Gasteiger partial charge in [-0.05, 0) is 30.9 Å². The summed E-state index contributed by atoms with van der Waals surface area (Å²) in [4.78, 5) is 23.6. The lowest BCUT2D eigenvalue weighted by molar-refractivity contribution is -0.115. The Morgan fingerprint density at radius 2 is 2.29 bits per heavy atom. The molecule has 0 radical (unpaired) electrons. The van der Waals surface area contributed by atoms with Gasteiger partial charge in [-0.1, -0.05) is 11.6 Å². The summed E-state index contributed by atoms with van der Waals surface area (Å²) in [5.41, 5.74) is 2.04. The van der Waals surface area contributed by atoms with E-state index in [-0.39, 0.29) is 5.91 Å². The number of pyridine rings is 1. The van der Waals surface area contributed by atoms with Crippen LogP contribution in [0.4, 0.5) is 0 Å². The summed E-state index contributed by atoms with van der Waals surface area (Å²) in [6, 6.07) is 1.83. The lowest BCUT2D eigenvalue weighted by Crippen LogP contribution is -2.24. The van der Waals surface area contributed by atoms with E-state index >= 15 is 0 Å². The maximum atomic E-state index is 12.0. The molecule has 4 rings (SSSR count). The molecule has 2 aliphatic rings. The monoisotopic (exact) mass is 300 g/mol. The number of aliphatic imine (C=N–C) groups is 1. The van der Waals surface area contributed by atoms with Crippen molar-refractivity contribution in [3.05, 3.63) is 34.7 Å². The van der Waals surface area contributed by atoms with Gasteiger partial charge in [0.25, 0.3) is 5.91 Å². The number of rotatable bonds is 3. The molecular formula is C15H13ClN4O. The van der Waals surface area contributed by atoms with E-state index in [0.717, 1.165) is 28.9 Å². The van der Waals surface area contributed by atoms with Gasteiger partial charge in [0.1, 0.15) is 17.2 Å². The van der Waals surface area contributed by atoms with Crippen LogP contribution in [-0.2, 0) is 4.79 Å². The molecule has 0 saturated heterocycles. The molecule has 21 heavy (non-hydrogen) atoms. The number of hydrogen-bond acceptors (Lipinski definition) is 3. The third-order valence-corrected chi connectivity index (χ3v) is 3.95. The maximum Gasteiger partial charge on any atom is 0.275 e. The van der Waals surface area contributed by atoms with Crippen molar-refractivity contribution in [3.8, 4) is 0 Å². The molecule has 3 heterocycles. The van der Waals surface area contributed by atoms with Crippen LogP contribution in [0.1, 0.15) is 24.8 Å². The molecule has 0 bridgehead atoms. The number of fused-ring (bicyclic) bond motifs is 1. The summed E-state index contributed by atoms with van der Waals surface area (Å²) in [5, 5.41) is 4.29. The first kappa shape index (κ1) is 12.6. The van der Waals surface area contributed by atoms with Crippen molar-refractivity contribution in [1.82, 2.24) is 15.3 Å². The van der Waals surface area contributed by atoms with E-state index < -0.39 is 0 Å². The largest absolute Gasteiger partial charge is 0.346 e. The number of amidine groups is 1. The number of aromatic nitrogens is 2. The van der Waals surface area contributed by atoms with Gasteiger partial charge in [-0.15, -0.1) is 0 Å². The topological polar surface area (TPSA) is 70.1 Å². The number of carbonyl (C=O) groups excluding carboxylic acids is 1. The quantitative estimate of drug-likeness (QED) is 0.856. The third-order valence-electron chi connectivity index (χ3n) is 3.75. The number of amides is 1. The first-order valence-corrected chi connectivity index (χ1v) is 7.30. The molecule has 1 fully saturated rings. The van der Waals surface area contributed by atoms with Crippen LogP contribution in [0.15, 0.2) is 29.1 Å². The Morgan fingerprint density at radius 1 is 1.43 bits per heavy atom. The number of nitrogens with zero attached hydrogens (tertiary/aromatic N) is 2. The van der Waals surface area contributed by atoms with Crippen LogP contribution in [0.2, 0.25) is 5.02 Å². The van der Waals surface area contributed by atoms with Crippen molar-refractivity contribution in [1.29, 1.82) is 0 Å². The van der Waals surface area contributed by atoms with Crippen LogP contribution in [-0.4, -0.2) is 21.7 Å². The predicted octanol–water partition coefficient (Wildman–Crippen LogP) is 2.89. The van der Waals surface area contributed by atoms with E-state index in [1.807, 2.05) is 12.3 Å². The van der Waals surface area contributed by atoms with E-state index in [2.05, 4.69) is 20.3 Å². The van der Waals surface area contributed by atoms with Crippen LogP contribution in [0.25, 0.3) is 17.1 Å². The second kappa shape index (κ2) is 4.70. The Bertz CT molecular complexity index is 801. The van der Waals surface area contributed by atoms with E-state index in [9.17, 15) is 4.79 Å². The summed E-state index contributed by atoms with van der Waals surface area (Å²) in [7, 11) is 0. The van der Waals surface area contributed by atoms with E-state index in [4.69, 9.17) is 11.6 Å². The highest BCUT2D eigenvalue weighted by Gasteiger charge is 2.28. The van der Waals surface area contributed by atoms with Crippen LogP contribution in [0.3, 0.4) is 0 Å². The molecule has 5 nitrogen and oxygen atoms in total. The fourth-order valence-corrected chi connectivity index (χ4v) is 2.63. The van der Waals surface area contributed by atoms with Gasteiger partial charge in [-0.25, -0.2) is 9.98 Å². The average Bonchev–Trinajstić information content (AvgIpc) is 3.08. The van der Waals surface area contributed by atoms with Gasteiger partial charge in [0, 0.05) is 29.8 Å². The number of carbonyl (C=O) groups is 1. The Kier molecular flexibility index (Phi) is 2.82. The first-order chi connectivity index (χ1) is 10.2. The minimum atomic E-state index is -0.144. The van der Waals surface area contributed by atoms with Crippen LogP contribution < -0.4 is 5.32 Å². The number of H-pyrrole nitrogens is 1. The Morgan fingerprint density at radius 3 is 3.10 bits per heavy atom. The summed E-state index contributed by atoms with van der Waals surface area (Å²) in [5.74, 6) is 1.33. The predicted molar refractivity (Wildman–Crippen MR) is 82.0 cm³/mol. The number of hydrogen-bond donors (Lipinski definition) is 2. The molecule has 1 aliphatic carbocycles. The SMILES string of the molecule is O=C1NC(CC2CC2)=NC1=Cc1c[nH]c2ncc(Cl)cc12. The Hall–Kier alpha value is -2.14. The van der Waals surface area contributed by atoms with E-state index in [0.29, 0.717) is 16.6 Å². The van der Waals surface area contributed by atoms with Gasteiger partial charge in [-0.2, -0.15) is 0 Å². The van der Waals surface area contributed by atoms with Crippen molar-refractivity contribution in [2.75, 3.05) is 0 Å². The molecule has 0 unspecified atom stereocenters. The number of aromatic amines is 1. The fourth-order valence-electron chi connectivity index (χ4n) is 2.47. The summed E-state index contributed by atoms with van der Waals surface area (Å²) in [6.07, 6.45) is 8.51. The molecule has 2 N–H and O–H groups in total. The highest BCUT2D eigenvalue weighted by atomic mass is 35.5. The number of halogens is 1. The lowest BCUT2D eigenvalue weighted by Gasteiger charge is -1.95. The molecule has 1 aliphatic heterocycles. The standard InChI is InChI=1S/C15H13ClN4O/c16-10-5-11-9(6-17-14(11)18-7-10)4-12-15(21)20-13(19-12)3-8-1-2-8/h4-8H,1-3H2,(H,17,18)(H,19,20,21). The second-order valence-electron chi connectivity index (χ2n) is 5.48. The molecule has 6 heteroatoms. The minimum Gasteiger partial charge on any atom is -0.346 e. The zero-order valence-electron chi connectivity index (χ0n) is 11.2. The number of nitrogens with one attached hydrogen (secondary N) is 2. The van der Waals surface area contributed by atoms with Gasteiger partial charge in [0.05, 0.1) is 5.02 Å². The Labute approximate surface area is 126 Å². The maximum absolute atomic E-state index is 12.0. The molecule has 2 aromatic heterocycles. The second-order valence-corrected chi connectivity index (χ2v) is 5.92. The molecule has 1 amide bonds. The lowest BCUT2D eigenvalue weighted by atomic mass is 10.2. The van der Waals surface area contributed by atoms with Crippen molar-refractivity contribution in [2.24, 2.45) is 10.9 Å². The van der Waals surface area contributed by atoms with Gasteiger partial charge in [-0.3, -0.25) is 4.79 Å². The first-order valence-electron chi connectivity index (χ1n) is 6.92. The minimum absolute atomic E-state index is 0.144. The van der Waals surface area contributed by atoms with Gasteiger partial charge in [0.2, 0.25) is 0 Å². The van der Waals surface area contributed by atoms with Crippen LogP contribution in [0.5, 0.6) is 0 Å². The molecular weight excluding hydrogens is 288 g/mol. The molecule has 0 aromatic carbocycles. The fraction of sp³-hybridized carbons (Fsp3) is 0.267. The van der Waals surface area contributed by atoms with Crippen LogP contribution in [0, 0.1) is 5.92 Å². The highest BCUT2D eigenvalue weighted by Crippen LogP contribution is 2.33. The molecule has 1 saturated carbocycles. The Balaban J connectivity index is 1.70. The zero-order chi connectivity index (χ0) is 14.4. The smallest absolute Gasteiger partial charge is 0.275 e. The molecule has 106 valence electrons. The van der Waals surface area contributed by atoms with Crippen LogP contribution >= 0.6 is 11.6 Å². The van der Waals surface area contributed by atoms with Gasteiger partial charge >= 0.3 is 0 Å². The van der Waals surface area contributed by atoms with E-state index in [1.54, 1.807) is 12.3 Å². The summed E-state index contributed by atoms with van der Waals surface area (Å²) < 4.78 is 0. The van der Waals surface area contributed by atoms with Crippen molar-refractivity contribution in [2.45, 2.75) is 19.3 Å².